The summed E-state index contributed by atoms with van der Waals surface area (Å²) in [7, 11) is 0. The summed E-state index contributed by atoms with van der Waals surface area (Å²) in [5.41, 5.74) is 3.66. The standard InChI is InChI=1S/C19H22N6S/c1-13(2)26-18-6-14(11-25-19(18)15(7-20)8-23-25)16-9-22-24(12-16)17-4-3-5-21-10-17/h6,8-9,11-13,17,21H,3-5,10H2,1-2H3/t17-/m0/s1. The third kappa shape index (κ3) is 3.22. The number of nitriles is 1. The third-order valence-corrected chi connectivity index (χ3v) is 5.68. The van der Waals surface area contributed by atoms with Gasteiger partial charge in [0.1, 0.15) is 6.07 Å². The first-order valence-corrected chi connectivity index (χ1v) is 9.87. The van der Waals surface area contributed by atoms with Gasteiger partial charge >= 0.3 is 0 Å². The fraction of sp³-hybridized carbons (Fsp3) is 0.421. The predicted molar refractivity (Wildman–Crippen MR) is 103 cm³/mol. The Morgan fingerprint density at radius 3 is 2.88 bits per heavy atom. The van der Waals surface area contributed by atoms with Gasteiger partial charge in [-0.05, 0) is 25.5 Å². The Bertz CT molecular complexity index is 958. The van der Waals surface area contributed by atoms with Gasteiger partial charge in [-0.1, -0.05) is 13.8 Å². The zero-order valence-corrected chi connectivity index (χ0v) is 15.8. The van der Waals surface area contributed by atoms with Crippen molar-refractivity contribution in [1.82, 2.24) is 24.7 Å². The molecule has 0 radical (unpaired) electrons. The molecule has 1 atom stereocenters. The number of piperidine rings is 1. The molecule has 4 heterocycles. The average molecular weight is 366 g/mol. The van der Waals surface area contributed by atoms with E-state index in [1.165, 1.54) is 6.42 Å². The molecule has 0 amide bonds. The van der Waals surface area contributed by atoms with Crippen LogP contribution >= 0.6 is 11.8 Å². The van der Waals surface area contributed by atoms with Crippen LogP contribution in [0.4, 0.5) is 0 Å². The van der Waals surface area contributed by atoms with Crippen molar-refractivity contribution in [2.45, 2.75) is 42.9 Å². The lowest BCUT2D eigenvalue weighted by Gasteiger charge is -2.22. The molecule has 0 spiro atoms. The smallest absolute Gasteiger partial charge is 0.103 e. The number of rotatable bonds is 4. The van der Waals surface area contributed by atoms with E-state index in [1.54, 1.807) is 18.0 Å². The molecule has 0 bridgehead atoms. The van der Waals surface area contributed by atoms with E-state index in [-0.39, 0.29) is 0 Å². The fourth-order valence-electron chi connectivity index (χ4n) is 3.41. The highest BCUT2D eigenvalue weighted by Crippen LogP contribution is 2.33. The molecular weight excluding hydrogens is 344 g/mol. The van der Waals surface area contributed by atoms with Gasteiger partial charge in [0.2, 0.25) is 0 Å². The number of thioether (sulfide) groups is 1. The number of hydrogen-bond acceptors (Lipinski definition) is 5. The molecule has 0 unspecified atom stereocenters. The maximum Gasteiger partial charge on any atom is 0.103 e. The van der Waals surface area contributed by atoms with Gasteiger partial charge in [-0.25, -0.2) is 4.52 Å². The Morgan fingerprint density at radius 1 is 1.27 bits per heavy atom. The SMILES string of the molecule is CC(C)Sc1cc(-c2cnn([C@H]3CCCNC3)c2)cn2ncc(C#N)c12. The minimum atomic E-state index is 0.417. The van der Waals surface area contributed by atoms with Crippen molar-refractivity contribution in [2.75, 3.05) is 13.1 Å². The van der Waals surface area contributed by atoms with Crippen LogP contribution in [0.2, 0.25) is 0 Å². The highest BCUT2D eigenvalue weighted by molar-refractivity contribution is 8.00. The predicted octanol–water partition coefficient (Wildman–Crippen LogP) is 3.49. The van der Waals surface area contributed by atoms with Crippen LogP contribution in [0.1, 0.15) is 38.3 Å². The Kier molecular flexibility index (Phi) is 4.70. The third-order valence-electron chi connectivity index (χ3n) is 4.64. The van der Waals surface area contributed by atoms with Crippen LogP contribution < -0.4 is 5.32 Å². The van der Waals surface area contributed by atoms with Crippen molar-refractivity contribution in [3.8, 4) is 17.2 Å². The second kappa shape index (κ2) is 7.14. The molecule has 0 aliphatic carbocycles. The van der Waals surface area contributed by atoms with Gasteiger partial charge in [-0.15, -0.1) is 11.8 Å². The van der Waals surface area contributed by atoms with E-state index in [2.05, 4.69) is 52.4 Å². The van der Waals surface area contributed by atoms with Crippen LogP contribution in [0.3, 0.4) is 0 Å². The van der Waals surface area contributed by atoms with Gasteiger partial charge in [-0.2, -0.15) is 15.5 Å². The molecule has 0 saturated carbocycles. The average Bonchev–Trinajstić information content (AvgIpc) is 3.29. The molecule has 1 N–H and O–H groups in total. The first kappa shape index (κ1) is 17.1. The van der Waals surface area contributed by atoms with E-state index in [9.17, 15) is 5.26 Å². The Labute approximate surface area is 157 Å². The Balaban J connectivity index is 1.75. The maximum atomic E-state index is 9.39. The molecule has 26 heavy (non-hydrogen) atoms. The summed E-state index contributed by atoms with van der Waals surface area (Å²) < 4.78 is 3.89. The maximum absolute atomic E-state index is 9.39. The molecule has 7 heteroatoms. The van der Waals surface area contributed by atoms with Crippen molar-refractivity contribution in [3.63, 3.8) is 0 Å². The fourth-order valence-corrected chi connectivity index (χ4v) is 4.43. The van der Waals surface area contributed by atoms with Crippen molar-refractivity contribution in [1.29, 1.82) is 5.26 Å². The number of pyridine rings is 1. The monoisotopic (exact) mass is 366 g/mol. The Morgan fingerprint density at radius 2 is 2.15 bits per heavy atom. The largest absolute Gasteiger partial charge is 0.315 e. The normalized spacial score (nSPS) is 17.7. The van der Waals surface area contributed by atoms with E-state index < -0.39 is 0 Å². The molecule has 6 nitrogen and oxygen atoms in total. The van der Waals surface area contributed by atoms with Gasteiger partial charge in [0.05, 0.1) is 29.5 Å². The molecule has 3 aromatic heterocycles. The number of hydrogen-bond donors (Lipinski definition) is 1. The van der Waals surface area contributed by atoms with Crippen LogP contribution in [-0.4, -0.2) is 37.7 Å². The van der Waals surface area contributed by atoms with E-state index >= 15 is 0 Å². The Hall–Kier alpha value is -2.30. The topological polar surface area (TPSA) is 70.9 Å². The summed E-state index contributed by atoms with van der Waals surface area (Å²) in [6, 6.07) is 4.82. The molecule has 0 aromatic carbocycles. The summed E-state index contributed by atoms with van der Waals surface area (Å²) in [6.45, 7) is 6.38. The van der Waals surface area contributed by atoms with Gasteiger partial charge in [0.15, 0.2) is 0 Å². The van der Waals surface area contributed by atoms with E-state index in [1.807, 2.05) is 16.9 Å². The zero-order chi connectivity index (χ0) is 18.1. The molecule has 1 aliphatic heterocycles. The lowest BCUT2D eigenvalue weighted by molar-refractivity contribution is 0.347. The lowest BCUT2D eigenvalue weighted by atomic mass is 10.1. The molecule has 1 aliphatic rings. The van der Waals surface area contributed by atoms with Gasteiger partial charge in [-0.3, -0.25) is 4.68 Å². The molecule has 4 rings (SSSR count). The van der Waals surface area contributed by atoms with Crippen LogP contribution in [0.15, 0.2) is 35.7 Å². The van der Waals surface area contributed by atoms with Crippen molar-refractivity contribution in [3.05, 3.63) is 36.4 Å². The minimum Gasteiger partial charge on any atom is -0.315 e. The molecule has 1 fully saturated rings. The number of nitrogens with zero attached hydrogens (tertiary/aromatic N) is 5. The van der Waals surface area contributed by atoms with Gasteiger partial charge in [0.25, 0.3) is 0 Å². The number of nitrogens with one attached hydrogen (secondary N) is 1. The summed E-state index contributed by atoms with van der Waals surface area (Å²) in [6.07, 6.45) is 10.0. The molecular formula is C19H22N6S. The molecule has 1 saturated heterocycles. The van der Waals surface area contributed by atoms with E-state index in [0.29, 0.717) is 16.9 Å². The van der Waals surface area contributed by atoms with Crippen LogP contribution in [0.5, 0.6) is 0 Å². The van der Waals surface area contributed by atoms with Crippen LogP contribution in [-0.2, 0) is 0 Å². The van der Waals surface area contributed by atoms with Crippen molar-refractivity contribution in [2.24, 2.45) is 0 Å². The van der Waals surface area contributed by atoms with E-state index in [4.69, 9.17) is 0 Å². The quantitative estimate of drug-likeness (QED) is 0.716. The molecule has 3 aromatic rings. The molecule has 134 valence electrons. The second-order valence-electron chi connectivity index (χ2n) is 6.93. The summed E-state index contributed by atoms with van der Waals surface area (Å²) >= 11 is 1.76. The van der Waals surface area contributed by atoms with Crippen molar-refractivity contribution >= 4 is 17.3 Å². The highest BCUT2D eigenvalue weighted by Gasteiger charge is 2.18. The van der Waals surface area contributed by atoms with Crippen LogP contribution in [0.25, 0.3) is 16.6 Å². The number of fused-ring (bicyclic) bond motifs is 1. The first-order chi connectivity index (χ1) is 12.7. The zero-order valence-electron chi connectivity index (χ0n) is 15.0. The number of aromatic nitrogens is 4. The van der Waals surface area contributed by atoms with Gasteiger partial charge < -0.3 is 5.32 Å². The van der Waals surface area contributed by atoms with Crippen LogP contribution in [0, 0.1) is 11.3 Å². The first-order valence-electron chi connectivity index (χ1n) is 8.99. The van der Waals surface area contributed by atoms with Gasteiger partial charge in [0, 0.05) is 40.2 Å². The lowest BCUT2D eigenvalue weighted by Crippen LogP contribution is -2.31. The second-order valence-corrected chi connectivity index (χ2v) is 8.55. The van der Waals surface area contributed by atoms with E-state index in [0.717, 1.165) is 41.0 Å². The highest BCUT2D eigenvalue weighted by atomic mass is 32.2. The summed E-state index contributed by atoms with van der Waals surface area (Å²) in [4.78, 5) is 1.08. The summed E-state index contributed by atoms with van der Waals surface area (Å²) in [5.74, 6) is 0. The van der Waals surface area contributed by atoms with Crippen molar-refractivity contribution < 1.29 is 0 Å². The minimum absolute atomic E-state index is 0.417. The summed E-state index contributed by atoms with van der Waals surface area (Å²) in [5, 5.41) is 22.2.